The number of methoxy groups -OCH3 is 1. The van der Waals surface area contributed by atoms with E-state index < -0.39 is 30.1 Å². The van der Waals surface area contributed by atoms with Crippen molar-refractivity contribution in [3.05, 3.63) is 93.4 Å². The molecule has 4 unspecified atom stereocenters. The number of halogens is 2. The van der Waals surface area contributed by atoms with E-state index in [1.807, 2.05) is 48.4 Å². The Morgan fingerprint density at radius 1 is 0.984 bits per heavy atom. The minimum atomic E-state index is -2.49. The van der Waals surface area contributed by atoms with Gasteiger partial charge in [-0.25, -0.2) is 8.78 Å². The van der Waals surface area contributed by atoms with Crippen LogP contribution in [0, 0.1) is 17.8 Å². The number of carbonyl (C=O) groups excluding carboxylic acids is 4. The lowest BCUT2D eigenvalue weighted by atomic mass is 9.78. The van der Waals surface area contributed by atoms with Crippen LogP contribution in [0.3, 0.4) is 0 Å². The number of pyridine rings is 1. The van der Waals surface area contributed by atoms with E-state index in [1.165, 1.54) is 11.1 Å². The lowest BCUT2D eigenvalue weighted by Crippen LogP contribution is -2.55. The molecule has 334 valence electrons. The smallest absolute Gasteiger partial charge is 0.257 e. The number of likely N-dealkylation sites (tertiary alicyclic amines) is 1. The molecule has 5 atom stereocenters. The van der Waals surface area contributed by atoms with Gasteiger partial charge in [0.15, 0.2) is 5.72 Å². The van der Waals surface area contributed by atoms with Crippen molar-refractivity contribution in [3.8, 4) is 5.75 Å². The van der Waals surface area contributed by atoms with Crippen molar-refractivity contribution in [2.45, 2.75) is 114 Å². The third-order valence-electron chi connectivity index (χ3n) is 15.8. The monoisotopic (exact) mass is 864 g/mol. The van der Waals surface area contributed by atoms with Gasteiger partial charge in [-0.05, 0) is 118 Å². The summed E-state index contributed by atoms with van der Waals surface area (Å²) in [7, 11) is 1.63. The van der Waals surface area contributed by atoms with Gasteiger partial charge in [0.2, 0.25) is 17.7 Å². The van der Waals surface area contributed by atoms with Crippen LogP contribution in [-0.2, 0) is 44.1 Å². The normalized spacial score (nSPS) is 29.6. The highest BCUT2D eigenvalue weighted by atomic mass is 19.3. The first-order chi connectivity index (χ1) is 30.5. The van der Waals surface area contributed by atoms with Gasteiger partial charge in [-0.2, -0.15) is 0 Å². The van der Waals surface area contributed by atoms with Crippen molar-refractivity contribution in [3.63, 3.8) is 0 Å². The molecule has 4 aromatic rings. The molecule has 2 aliphatic carbocycles. The summed E-state index contributed by atoms with van der Waals surface area (Å²) in [6, 6.07) is 13.0. The summed E-state index contributed by atoms with van der Waals surface area (Å²) in [6.45, 7) is 3.52. The molecule has 14 heteroatoms. The predicted molar refractivity (Wildman–Crippen MR) is 232 cm³/mol. The molecule has 0 bridgehead atoms. The molecule has 4 amide bonds. The minimum Gasteiger partial charge on any atom is -0.496 e. The zero-order chi connectivity index (χ0) is 43.3. The Bertz CT molecular complexity index is 2530. The molecule has 3 saturated heterocycles. The predicted octanol–water partition coefficient (Wildman–Crippen LogP) is 7.04. The number of ether oxygens (including phenoxy) is 2. The topological polar surface area (TPSA) is 140 Å². The van der Waals surface area contributed by atoms with Crippen molar-refractivity contribution >= 4 is 34.5 Å². The van der Waals surface area contributed by atoms with E-state index in [0.717, 1.165) is 103 Å². The molecule has 12 nitrogen and oxygen atoms in total. The number of amides is 4. The number of aromatic nitrogens is 2. The SMILES string of the molecule is COc1cc(C2CCC(C(=O)N3CCC(C4Cc5cc6c(cc5C4)C4(CO4)N(C4CCC(=O)NC4=O)C6=O)CC3)CC2)ncc1[C@@H]1c2[nH]c3ccccc3c2CC(C)N1CC(F)F.[HH].[HH]. The number of epoxide rings is 1. The number of imide groups is 1. The molecule has 63 heavy (non-hydrogen) atoms. The average molecular weight is 865 g/mol. The van der Waals surface area contributed by atoms with Gasteiger partial charge >= 0.3 is 0 Å². The first kappa shape index (κ1) is 40.6. The molecule has 4 fully saturated rings. The Balaban J connectivity index is 0.00000266. The lowest BCUT2D eigenvalue weighted by Gasteiger charge is -2.41. The van der Waals surface area contributed by atoms with Crippen LogP contribution in [0.4, 0.5) is 8.78 Å². The zero-order valence-corrected chi connectivity index (χ0v) is 35.8. The van der Waals surface area contributed by atoms with E-state index in [2.05, 4.69) is 27.3 Å². The molecular formula is C49H58F2N6O6. The number of hydrogen-bond donors (Lipinski definition) is 2. The number of para-hydroxylation sites is 1. The van der Waals surface area contributed by atoms with Gasteiger partial charge in [0.1, 0.15) is 18.4 Å². The zero-order valence-electron chi connectivity index (χ0n) is 35.8. The molecular weight excluding hydrogens is 807 g/mol. The van der Waals surface area contributed by atoms with Crippen LogP contribution in [0.1, 0.15) is 123 Å². The number of alkyl halides is 2. The van der Waals surface area contributed by atoms with Crippen molar-refractivity contribution in [1.29, 1.82) is 0 Å². The van der Waals surface area contributed by atoms with E-state index in [1.54, 1.807) is 12.0 Å². The van der Waals surface area contributed by atoms with E-state index in [0.29, 0.717) is 42.6 Å². The molecule has 11 rings (SSSR count). The van der Waals surface area contributed by atoms with Gasteiger partial charge in [0.05, 0.1) is 19.7 Å². The van der Waals surface area contributed by atoms with Crippen molar-refractivity contribution in [1.82, 2.24) is 30.0 Å². The number of piperidine rings is 2. The van der Waals surface area contributed by atoms with Gasteiger partial charge < -0.3 is 19.4 Å². The van der Waals surface area contributed by atoms with Crippen LogP contribution in [0.15, 0.2) is 48.7 Å². The Labute approximate surface area is 368 Å². The molecule has 1 spiro atoms. The molecule has 7 heterocycles. The number of aromatic amines is 1. The quantitative estimate of drug-likeness (QED) is 0.142. The summed E-state index contributed by atoms with van der Waals surface area (Å²) < 4.78 is 40.1. The van der Waals surface area contributed by atoms with Crippen LogP contribution in [0.5, 0.6) is 5.75 Å². The fourth-order valence-electron chi connectivity index (χ4n) is 12.5. The number of hydrogen-bond acceptors (Lipinski definition) is 8. The van der Waals surface area contributed by atoms with Gasteiger partial charge in [-0.3, -0.25) is 39.3 Å². The van der Waals surface area contributed by atoms with Crippen molar-refractivity contribution in [2.24, 2.45) is 17.8 Å². The Morgan fingerprint density at radius 2 is 1.73 bits per heavy atom. The standard InChI is InChI=1S/C49H54F2N6O6.2H2/c1-26-17-34-33-5-3-4-6-38(33)53-44(34)45(56(26)24-42(50)51)36-23-52-39(22-41(36)62-2)28-7-9-29(10-8-28)47(60)55-15-13-27(14-16-55)30-18-31-20-35-37(21-32(31)19-30)49(25-63-49)57(48(35)61)40-11-12-43(58)54-46(40)59;;/h3-6,20-23,26-30,40,42,45,53H,7-19,24-25H2,1-2H3,(H,54,58,59);2*1H/t26?,28?,29?,30?,40?,45-,49?;;/m1../s1. The second kappa shape index (κ2) is 15.5. The summed E-state index contributed by atoms with van der Waals surface area (Å²) in [5.41, 5.74) is 7.72. The number of nitrogens with one attached hydrogen (secondary N) is 2. The molecule has 2 aromatic heterocycles. The van der Waals surface area contributed by atoms with E-state index in [9.17, 15) is 28.0 Å². The molecule has 2 N–H and O–H groups in total. The van der Waals surface area contributed by atoms with E-state index in [4.69, 9.17) is 14.5 Å². The number of benzene rings is 2. The highest BCUT2D eigenvalue weighted by Crippen LogP contribution is 2.53. The largest absolute Gasteiger partial charge is 0.496 e. The number of nitrogens with zero attached hydrogens (tertiary/aromatic N) is 4. The fraction of sp³-hybridized carbons (Fsp3) is 0.531. The first-order valence-electron chi connectivity index (χ1n) is 22.9. The summed E-state index contributed by atoms with van der Waals surface area (Å²) in [5.74, 6) is 1.04. The summed E-state index contributed by atoms with van der Waals surface area (Å²) in [5, 5.41) is 3.51. The van der Waals surface area contributed by atoms with Gasteiger partial charge in [-0.15, -0.1) is 0 Å². The van der Waals surface area contributed by atoms with Crippen LogP contribution in [0.25, 0.3) is 10.9 Å². The number of rotatable bonds is 8. The summed E-state index contributed by atoms with van der Waals surface area (Å²) in [4.78, 5) is 66.4. The number of fused-ring (bicyclic) bond motifs is 6. The second-order valence-corrected chi connectivity index (χ2v) is 19.2. The maximum Gasteiger partial charge on any atom is 0.257 e. The summed E-state index contributed by atoms with van der Waals surface area (Å²) in [6.07, 6.45) is 7.52. The van der Waals surface area contributed by atoms with Gasteiger partial charge in [-0.1, -0.05) is 18.2 Å². The van der Waals surface area contributed by atoms with Crippen molar-refractivity contribution < 1.29 is 40.3 Å². The van der Waals surface area contributed by atoms with E-state index in [-0.39, 0.29) is 51.4 Å². The highest BCUT2D eigenvalue weighted by molar-refractivity contribution is 6.06. The minimum absolute atomic E-state index is 0. The molecule has 5 aliphatic heterocycles. The lowest BCUT2D eigenvalue weighted by molar-refractivity contribution is -0.139. The van der Waals surface area contributed by atoms with Gasteiger partial charge in [0, 0.05) is 91.5 Å². The first-order valence-corrected chi connectivity index (χ1v) is 22.9. The second-order valence-electron chi connectivity index (χ2n) is 19.2. The highest BCUT2D eigenvalue weighted by Gasteiger charge is 2.64. The number of carbonyl (C=O) groups is 4. The Kier molecular flexibility index (Phi) is 9.98. The Morgan fingerprint density at radius 3 is 2.44 bits per heavy atom. The fourth-order valence-corrected chi connectivity index (χ4v) is 12.5. The maximum atomic E-state index is 14.1. The molecule has 0 radical (unpaired) electrons. The molecule has 7 aliphatic rings. The third-order valence-corrected chi connectivity index (χ3v) is 15.8. The maximum absolute atomic E-state index is 14.1. The summed E-state index contributed by atoms with van der Waals surface area (Å²) >= 11 is 0. The van der Waals surface area contributed by atoms with Crippen LogP contribution in [0.2, 0.25) is 0 Å². The number of H-pyrrole nitrogens is 1. The van der Waals surface area contributed by atoms with Gasteiger partial charge in [0.25, 0.3) is 12.3 Å². The van der Waals surface area contributed by atoms with E-state index >= 15 is 0 Å². The molecule has 1 saturated carbocycles. The van der Waals surface area contributed by atoms with Crippen LogP contribution < -0.4 is 10.1 Å². The van der Waals surface area contributed by atoms with Crippen LogP contribution >= 0.6 is 0 Å². The van der Waals surface area contributed by atoms with Crippen LogP contribution in [-0.4, -0.2) is 100 Å². The third kappa shape index (κ3) is 6.76. The van der Waals surface area contributed by atoms with Crippen molar-refractivity contribution in [2.75, 3.05) is 33.4 Å². The Hall–Kier alpha value is -5.21. The molecule has 2 aromatic carbocycles. The average Bonchev–Trinajstić information content (AvgIpc) is 3.75.